The Bertz CT molecular complexity index is 396. The van der Waals surface area contributed by atoms with Crippen molar-refractivity contribution in [1.82, 2.24) is 0 Å². The summed E-state index contributed by atoms with van der Waals surface area (Å²) >= 11 is -0.526. The monoisotopic (exact) mass is 335 g/mol. The van der Waals surface area contributed by atoms with Crippen molar-refractivity contribution in [2.75, 3.05) is 19.0 Å². The average Bonchev–Trinajstić information content (AvgIpc) is 2.16. The number of carboxylic acids is 1. The third kappa shape index (κ3) is 4.26. The van der Waals surface area contributed by atoms with Gasteiger partial charge in [-0.3, -0.25) is 0 Å². The number of carbonyl (C=O) groups is 1. The van der Waals surface area contributed by atoms with Crippen molar-refractivity contribution in [3.8, 4) is 0 Å². The van der Waals surface area contributed by atoms with E-state index in [-0.39, 0.29) is 0 Å². The van der Waals surface area contributed by atoms with Crippen LogP contribution in [0.1, 0.15) is 6.92 Å². The van der Waals surface area contributed by atoms with E-state index in [1.165, 1.54) is 9.69 Å². The predicted molar refractivity (Wildman–Crippen MR) is 67.5 cm³/mol. The van der Waals surface area contributed by atoms with Crippen molar-refractivity contribution in [3.63, 3.8) is 0 Å². The number of allylic oxidation sites excluding steroid dienone is 1. The van der Waals surface area contributed by atoms with Gasteiger partial charge in [0.25, 0.3) is 0 Å². The molecule has 16 heavy (non-hydrogen) atoms. The number of carboxylic acid groups (broad SMARTS) is 1. The van der Waals surface area contributed by atoms with Crippen LogP contribution in [0.2, 0.25) is 0 Å². The molecule has 0 saturated carbocycles. The van der Waals surface area contributed by atoms with E-state index in [4.69, 9.17) is 5.11 Å². The first-order valence-corrected chi connectivity index (χ1v) is 7.18. The second kappa shape index (κ2) is 5.93. The number of nitrogens with zero attached hydrogens (tertiary/aromatic N) is 1. The molecular formula is C12H15NO2Te. The molecule has 0 atom stereocenters. The summed E-state index contributed by atoms with van der Waals surface area (Å²) in [5.41, 5.74) is 1.16. The van der Waals surface area contributed by atoms with Gasteiger partial charge in [-0.25, -0.2) is 0 Å². The summed E-state index contributed by atoms with van der Waals surface area (Å²) in [6.07, 6.45) is 1.31. The Balaban J connectivity index is 2.72. The topological polar surface area (TPSA) is 40.5 Å². The summed E-state index contributed by atoms with van der Waals surface area (Å²) in [7, 11) is 4.00. The van der Waals surface area contributed by atoms with Crippen molar-refractivity contribution in [3.05, 3.63) is 34.0 Å². The molecule has 0 amide bonds. The number of benzene rings is 1. The molecule has 0 aliphatic heterocycles. The molecule has 86 valence electrons. The van der Waals surface area contributed by atoms with Gasteiger partial charge in [0, 0.05) is 0 Å². The Hall–Kier alpha value is -0.980. The molecule has 1 rings (SSSR count). The van der Waals surface area contributed by atoms with Crippen LogP contribution >= 0.6 is 0 Å². The van der Waals surface area contributed by atoms with Crippen LogP contribution in [0.25, 0.3) is 0 Å². The summed E-state index contributed by atoms with van der Waals surface area (Å²) in [6, 6.07) is 8.29. The van der Waals surface area contributed by atoms with Crippen LogP contribution in [-0.2, 0) is 4.79 Å². The van der Waals surface area contributed by atoms with Gasteiger partial charge in [0.05, 0.1) is 0 Å². The second-order valence-corrected chi connectivity index (χ2v) is 7.35. The van der Waals surface area contributed by atoms with Gasteiger partial charge in [0.2, 0.25) is 0 Å². The first-order chi connectivity index (χ1) is 7.49. The van der Waals surface area contributed by atoms with Gasteiger partial charge in [-0.1, -0.05) is 0 Å². The van der Waals surface area contributed by atoms with Gasteiger partial charge in [0.15, 0.2) is 0 Å². The molecule has 0 unspecified atom stereocenters. The summed E-state index contributed by atoms with van der Waals surface area (Å²) in [5.74, 6) is -0.854. The van der Waals surface area contributed by atoms with Crippen molar-refractivity contribution >= 4 is 36.2 Å². The molecule has 0 radical (unpaired) electrons. The first kappa shape index (κ1) is 13.1. The number of hydrogen-bond acceptors (Lipinski definition) is 2. The Labute approximate surface area is 106 Å². The van der Waals surface area contributed by atoms with Crippen molar-refractivity contribution in [2.45, 2.75) is 6.92 Å². The van der Waals surface area contributed by atoms with E-state index in [0.717, 1.165) is 9.31 Å². The van der Waals surface area contributed by atoms with Crippen LogP contribution in [0, 0.1) is 0 Å². The molecule has 0 bridgehead atoms. The van der Waals surface area contributed by atoms with Crippen LogP contribution in [0.15, 0.2) is 34.0 Å². The fourth-order valence-corrected chi connectivity index (χ4v) is 3.50. The number of anilines is 1. The zero-order valence-corrected chi connectivity index (χ0v) is 11.9. The molecule has 3 nitrogen and oxygen atoms in total. The maximum atomic E-state index is 10.5. The van der Waals surface area contributed by atoms with Crippen LogP contribution in [-0.4, -0.2) is 46.1 Å². The molecule has 0 heterocycles. The summed E-state index contributed by atoms with van der Waals surface area (Å²) in [4.78, 5) is 12.5. The van der Waals surface area contributed by atoms with Crippen molar-refractivity contribution in [2.24, 2.45) is 0 Å². The number of aliphatic carboxylic acids is 1. The molecule has 1 aromatic carbocycles. The summed E-state index contributed by atoms with van der Waals surface area (Å²) in [5, 5.41) is 8.62. The maximum absolute atomic E-state index is 10.5. The molecule has 0 aromatic heterocycles. The van der Waals surface area contributed by atoms with E-state index in [1.54, 1.807) is 0 Å². The van der Waals surface area contributed by atoms with E-state index in [0.29, 0.717) is 0 Å². The van der Waals surface area contributed by atoms with E-state index < -0.39 is 26.9 Å². The fourth-order valence-electron chi connectivity index (χ4n) is 1.20. The molecule has 4 heteroatoms. The Morgan fingerprint density at radius 1 is 1.31 bits per heavy atom. The quantitative estimate of drug-likeness (QED) is 0.662. The Morgan fingerprint density at radius 3 is 2.31 bits per heavy atom. The van der Waals surface area contributed by atoms with E-state index in [2.05, 4.69) is 24.3 Å². The van der Waals surface area contributed by atoms with Crippen molar-refractivity contribution < 1.29 is 9.90 Å². The van der Waals surface area contributed by atoms with Gasteiger partial charge in [-0.2, -0.15) is 0 Å². The van der Waals surface area contributed by atoms with Gasteiger partial charge < -0.3 is 0 Å². The summed E-state index contributed by atoms with van der Waals surface area (Å²) in [6.45, 7) is 1.89. The Morgan fingerprint density at radius 2 is 1.88 bits per heavy atom. The van der Waals surface area contributed by atoms with Crippen LogP contribution in [0.3, 0.4) is 0 Å². The minimum absolute atomic E-state index is 0.526. The molecule has 0 aliphatic carbocycles. The SMILES string of the molecule is C/C(=C/C(=O)O)[Te]c1ccc(N(C)C)cc1. The standard InChI is InChI=1S/C12H15NO2Te/c1-9(8-12(14)15)16-11-6-4-10(5-7-11)13(2)3/h4-8H,1-3H3,(H,14,15)/b9-8-. The molecule has 0 fully saturated rings. The Kier molecular flexibility index (Phi) is 4.85. The third-order valence-corrected chi connectivity index (χ3v) is 4.66. The number of rotatable bonds is 4. The first-order valence-electron chi connectivity index (χ1n) is 4.85. The van der Waals surface area contributed by atoms with Gasteiger partial charge in [-0.15, -0.1) is 0 Å². The van der Waals surface area contributed by atoms with Gasteiger partial charge >= 0.3 is 106 Å². The van der Waals surface area contributed by atoms with E-state index >= 15 is 0 Å². The zero-order valence-electron chi connectivity index (χ0n) is 9.60. The molecule has 0 aliphatic rings. The molecule has 1 N–H and O–H groups in total. The summed E-state index contributed by atoms with van der Waals surface area (Å²) < 4.78 is 2.24. The molecule has 1 aromatic rings. The zero-order chi connectivity index (χ0) is 12.1. The molecular weight excluding hydrogens is 318 g/mol. The minimum atomic E-state index is -0.854. The molecule has 0 saturated heterocycles. The average molecular weight is 333 g/mol. The van der Waals surface area contributed by atoms with Crippen molar-refractivity contribution in [1.29, 1.82) is 0 Å². The predicted octanol–water partition coefficient (Wildman–Crippen LogP) is 1.07. The van der Waals surface area contributed by atoms with Gasteiger partial charge in [-0.05, 0) is 0 Å². The fraction of sp³-hybridized carbons (Fsp3) is 0.250. The normalized spacial score (nSPS) is 11.3. The van der Waals surface area contributed by atoms with Crippen LogP contribution in [0.4, 0.5) is 5.69 Å². The van der Waals surface area contributed by atoms with Crippen LogP contribution in [0.5, 0.6) is 0 Å². The number of hydrogen-bond donors (Lipinski definition) is 1. The van der Waals surface area contributed by atoms with Gasteiger partial charge in [0.1, 0.15) is 0 Å². The van der Waals surface area contributed by atoms with Crippen LogP contribution < -0.4 is 8.51 Å². The van der Waals surface area contributed by atoms with E-state index in [9.17, 15) is 4.79 Å². The third-order valence-electron chi connectivity index (χ3n) is 1.96. The second-order valence-electron chi connectivity index (χ2n) is 3.58. The molecule has 0 spiro atoms. The van der Waals surface area contributed by atoms with E-state index in [1.807, 2.05) is 25.9 Å².